The van der Waals surface area contributed by atoms with Gasteiger partial charge in [-0.15, -0.1) is 0 Å². The van der Waals surface area contributed by atoms with E-state index in [1.807, 2.05) is 54.6 Å². The molecular weight excluding hydrogens is 564 g/mol. The largest absolute Gasteiger partial charge is 0.458 e. The van der Waals surface area contributed by atoms with Crippen molar-refractivity contribution in [2.75, 3.05) is 6.61 Å². The molecular formula is C33H40N2O7Si. The van der Waals surface area contributed by atoms with E-state index in [4.69, 9.17) is 18.6 Å². The standard InChI is InChI=1S/C33H40N2O7Si/c1-32(2,3)41-30(37)34-35(31(38)42-33(4,5)6)28-22-24(40-29(28)36)23-39-43(25-16-10-7-11-17-25,26-18-12-8-13-19-26)27-20-14-9-15-21-27/h7-21,24,28H,22-23H2,1-6H3,(H,34,37)/t24-,28+/m1/s1. The van der Waals surface area contributed by atoms with Crippen molar-refractivity contribution >= 4 is 42.0 Å². The molecule has 10 heteroatoms. The molecule has 1 fully saturated rings. The fourth-order valence-electron chi connectivity index (χ4n) is 4.90. The molecule has 0 bridgehead atoms. The number of amides is 2. The van der Waals surface area contributed by atoms with E-state index in [0.717, 1.165) is 20.6 Å². The first-order chi connectivity index (χ1) is 20.3. The van der Waals surface area contributed by atoms with E-state index in [0.29, 0.717) is 0 Å². The summed E-state index contributed by atoms with van der Waals surface area (Å²) < 4.78 is 23.5. The van der Waals surface area contributed by atoms with Gasteiger partial charge in [-0.1, -0.05) is 91.0 Å². The number of carbonyl (C=O) groups is 3. The number of hydrogen-bond donors (Lipinski definition) is 1. The maximum Gasteiger partial charge on any atom is 0.430 e. The lowest BCUT2D eigenvalue weighted by Crippen LogP contribution is -2.69. The zero-order valence-electron chi connectivity index (χ0n) is 25.5. The molecule has 0 radical (unpaired) electrons. The average molecular weight is 605 g/mol. The average Bonchev–Trinajstić information content (AvgIpc) is 3.32. The summed E-state index contributed by atoms with van der Waals surface area (Å²) in [6.07, 6.45) is -2.40. The highest BCUT2D eigenvalue weighted by Crippen LogP contribution is 2.23. The summed E-state index contributed by atoms with van der Waals surface area (Å²) in [5, 5.41) is 3.97. The van der Waals surface area contributed by atoms with Crippen molar-refractivity contribution in [1.29, 1.82) is 0 Å². The number of benzene rings is 3. The maximum atomic E-state index is 13.2. The van der Waals surface area contributed by atoms with E-state index in [-0.39, 0.29) is 13.0 Å². The second-order valence-electron chi connectivity index (χ2n) is 12.4. The topological polar surface area (TPSA) is 103 Å². The van der Waals surface area contributed by atoms with Gasteiger partial charge < -0.3 is 18.6 Å². The normalized spacial score (nSPS) is 17.1. The van der Waals surface area contributed by atoms with Crippen LogP contribution in [0.1, 0.15) is 48.0 Å². The van der Waals surface area contributed by atoms with Gasteiger partial charge >= 0.3 is 18.2 Å². The van der Waals surface area contributed by atoms with Crippen LogP contribution < -0.4 is 21.0 Å². The number of nitrogens with one attached hydrogen (secondary N) is 1. The lowest BCUT2D eigenvalue weighted by atomic mass is 10.1. The van der Waals surface area contributed by atoms with Crippen LogP contribution in [0.5, 0.6) is 0 Å². The van der Waals surface area contributed by atoms with Gasteiger partial charge in [0.1, 0.15) is 17.3 Å². The van der Waals surface area contributed by atoms with Crippen LogP contribution in [0.2, 0.25) is 0 Å². The van der Waals surface area contributed by atoms with Crippen LogP contribution in [0.4, 0.5) is 9.59 Å². The van der Waals surface area contributed by atoms with E-state index in [2.05, 4.69) is 41.8 Å². The first-order valence-corrected chi connectivity index (χ1v) is 16.2. The molecule has 0 aromatic heterocycles. The maximum absolute atomic E-state index is 13.2. The number of rotatable bonds is 7. The molecule has 43 heavy (non-hydrogen) atoms. The third-order valence-corrected chi connectivity index (χ3v) is 10.6. The third kappa shape index (κ3) is 8.03. The minimum atomic E-state index is -3.06. The summed E-state index contributed by atoms with van der Waals surface area (Å²) in [7, 11) is -3.06. The third-order valence-electron chi connectivity index (χ3n) is 6.58. The van der Waals surface area contributed by atoms with Crippen LogP contribution in [-0.2, 0) is 23.4 Å². The molecule has 1 heterocycles. The molecule has 4 rings (SSSR count). The van der Waals surface area contributed by atoms with Crippen LogP contribution in [0.25, 0.3) is 0 Å². The Bertz CT molecular complexity index is 1290. The van der Waals surface area contributed by atoms with Gasteiger partial charge in [-0.05, 0) is 57.1 Å². The van der Waals surface area contributed by atoms with Gasteiger partial charge in [0.05, 0.1) is 6.61 Å². The number of ether oxygens (including phenoxy) is 3. The van der Waals surface area contributed by atoms with Crippen molar-refractivity contribution in [2.24, 2.45) is 0 Å². The SMILES string of the molecule is CC(C)(C)OC(=O)NN(C(=O)OC(C)(C)C)[C@H]1C[C@H](CO[Si](c2ccccc2)(c2ccccc2)c2ccccc2)OC1=O. The summed E-state index contributed by atoms with van der Waals surface area (Å²) in [6, 6.07) is 29.0. The van der Waals surface area contributed by atoms with Crippen molar-refractivity contribution in [1.82, 2.24) is 10.4 Å². The van der Waals surface area contributed by atoms with Crippen molar-refractivity contribution in [2.45, 2.75) is 71.3 Å². The molecule has 3 aromatic carbocycles. The Morgan fingerprint density at radius 1 is 0.791 bits per heavy atom. The van der Waals surface area contributed by atoms with Crippen molar-refractivity contribution in [3.63, 3.8) is 0 Å². The molecule has 1 N–H and O–H groups in total. The summed E-state index contributed by atoms with van der Waals surface area (Å²) in [4.78, 5) is 39.0. The summed E-state index contributed by atoms with van der Waals surface area (Å²) >= 11 is 0. The van der Waals surface area contributed by atoms with Gasteiger partial charge in [0, 0.05) is 6.42 Å². The number of cyclic esters (lactones) is 1. The molecule has 1 aliphatic rings. The number of nitrogens with zero attached hydrogens (tertiary/aromatic N) is 1. The van der Waals surface area contributed by atoms with E-state index >= 15 is 0 Å². The number of hydrogen-bond acceptors (Lipinski definition) is 7. The minimum absolute atomic E-state index is 0.0712. The molecule has 0 aliphatic carbocycles. The lowest BCUT2D eigenvalue weighted by molar-refractivity contribution is -0.146. The predicted molar refractivity (Wildman–Crippen MR) is 166 cm³/mol. The van der Waals surface area contributed by atoms with Gasteiger partial charge in [-0.3, -0.25) is 0 Å². The van der Waals surface area contributed by atoms with Crippen molar-refractivity contribution < 1.29 is 33.0 Å². The van der Waals surface area contributed by atoms with Gasteiger partial charge in [-0.2, -0.15) is 0 Å². The Balaban J connectivity index is 1.63. The zero-order valence-corrected chi connectivity index (χ0v) is 26.5. The van der Waals surface area contributed by atoms with Gasteiger partial charge in [0.25, 0.3) is 8.32 Å². The second-order valence-corrected chi connectivity index (χ2v) is 15.7. The van der Waals surface area contributed by atoms with Gasteiger partial charge in [0.2, 0.25) is 0 Å². The first-order valence-electron chi connectivity index (χ1n) is 14.3. The van der Waals surface area contributed by atoms with Crippen molar-refractivity contribution in [3.8, 4) is 0 Å². The van der Waals surface area contributed by atoms with Gasteiger partial charge in [-0.25, -0.2) is 24.8 Å². The lowest BCUT2D eigenvalue weighted by Gasteiger charge is -2.34. The first kappa shape index (κ1) is 31.8. The zero-order chi connectivity index (χ0) is 31.3. The Hall–Kier alpha value is -4.15. The molecule has 0 unspecified atom stereocenters. The summed E-state index contributed by atoms with van der Waals surface area (Å²) in [5.74, 6) is -0.679. The van der Waals surface area contributed by atoms with Crippen LogP contribution >= 0.6 is 0 Å². The number of esters is 1. The monoisotopic (exact) mass is 604 g/mol. The molecule has 2 atom stereocenters. The van der Waals surface area contributed by atoms with E-state index in [1.165, 1.54) is 0 Å². The van der Waals surface area contributed by atoms with E-state index < -0.39 is 49.8 Å². The fourth-order valence-corrected chi connectivity index (χ4v) is 8.82. The molecule has 3 aromatic rings. The van der Waals surface area contributed by atoms with Crippen LogP contribution in [-0.4, -0.2) is 61.4 Å². The molecule has 9 nitrogen and oxygen atoms in total. The Kier molecular flexibility index (Phi) is 9.61. The fraction of sp³-hybridized carbons (Fsp3) is 0.364. The van der Waals surface area contributed by atoms with E-state index in [1.54, 1.807) is 41.5 Å². The van der Waals surface area contributed by atoms with Crippen LogP contribution in [0, 0.1) is 0 Å². The highest BCUT2D eigenvalue weighted by molar-refractivity contribution is 7.07. The van der Waals surface area contributed by atoms with Crippen LogP contribution in [0.3, 0.4) is 0 Å². The van der Waals surface area contributed by atoms with Gasteiger partial charge in [0.15, 0.2) is 6.04 Å². The number of carbonyl (C=O) groups excluding carboxylic acids is 3. The van der Waals surface area contributed by atoms with Crippen LogP contribution in [0.15, 0.2) is 91.0 Å². The minimum Gasteiger partial charge on any atom is -0.458 e. The highest BCUT2D eigenvalue weighted by Gasteiger charge is 2.47. The molecule has 228 valence electrons. The summed E-state index contributed by atoms with van der Waals surface area (Å²) in [6.45, 7) is 10.3. The quantitative estimate of drug-likeness (QED) is 0.143. The predicted octanol–water partition coefficient (Wildman–Crippen LogP) is 4.03. The second kappa shape index (κ2) is 13.0. The molecule has 1 aliphatic heterocycles. The molecule has 0 spiro atoms. The Labute approximate surface area is 254 Å². The Morgan fingerprint density at radius 2 is 1.23 bits per heavy atom. The van der Waals surface area contributed by atoms with E-state index in [9.17, 15) is 14.4 Å². The highest BCUT2D eigenvalue weighted by atomic mass is 28.4. The molecule has 2 amide bonds. The summed E-state index contributed by atoms with van der Waals surface area (Å²) in [5.41, 5.74) is 0.708. The smallest absolute Gasteiger partial charge is 0.430 e. The molecule has 1 saturated heterocycles. The number of hydrazine groups is 1. The Morgan fingerprint density at radius 3 is 1.65 bits per heavy atom. The van der Waals surface area contributed by atoms with Crippen molar-refractivity contribution in [3.05, 3.63) is 91.0 Å². The molecule has 0 saturated carbocycles.